The molecule has 0 aliphatic carbocycles. The van der Waals surface area contributed by atoms with Gasteiger partial charge < -0.3 is 5.11 Å². The van der Waals surface area contributed by atoms with E-state index in [1.54, 1.807) is 6.20 Å². The van der Waals surface area contributed by atoms with Gasteiger partial charge in [-0.1, -0.05) is 52.6 Å². The molecular formula is C19H19N6O+. The summed E-state index contributed by atoms with van der Waals surface area (Å²) in [6.07, 6.45) is 4.28. The fourth-order valence-corrected chi connectivity index (χ4v) is 3.66. The molecule has 0 bridgehead atoms. The standard InChI is InChI=1S/C19H19N6O/c20-23-22-11-5-13-25-18-21-10-4-12-24(18)14-19(25,26)17-9-3-7-15-6-1-2-8-16(15)17/h1-4,6-10,12,26H,5,11,13-14H2/q+1. The van der Waals surface area contributed by atoms with Crippen LogP contribution in [0.3, 0.4) is 0 Å². The quantitative estimate of drug-likeness (QED) is 0.253. The van der Waals surface area contributed by atoms with Crippen LogP contribution in [0, 0.1) is 0 Å². The van der Waals surface area contributed by atoms with Gasteiger partial charge in [0.1, 0.15) is 12.7 Å². The molecule has 2 aromatic carbocycles. The first-order valence-corrected chi connectivity index (χ1v) is 8.57. The van der Waals surface area contributed by atoms with Crippen molar-refractivity contribution < 1.29 is 9.67 Å². The summed E-state index contributed by atoms with van der Waals surface area (Å²) < 4.78 is 1.95. The molecule has 26 heavy (non-hydrogen) atoms. The van der Waals surface area contributed by atoms with E-state index in [4.69, 9.17) is 5.53 Å². The summed E-state index contributed by atoms with van der Waals surface area (Å²) in [7, 11) is 0. The number of rotatable bonds is 5. The molecule has 130 valence electrons. The number of aromatic nitrogens is 2. The summed E-state index contributed by atoms with van der Waals surface area (Å²) in [5.41, 5.74) is 8.14. The van der Waals surface area contributed by atoms with Crippen molar-refractivity contribution in [1.29, 1.82) is 0 Å². The summed E-state index contributed by atoms with van der Waals surface area (Å²) in [6.45, 7) is 1.31. The van der Waals surface area contributed by atoms with Crippen LogP contribution >= 0.6 is 0 Å². The highest BCUT2D eigenvalue weighted by molar-refractivity contribution is 5.86. The number of fused-ring (bicyclic) bond motifs is 2. The topological polar surface area (TPSA) is 89.0 Å². The Labute approximate surface area is 150 Å². The maximum absolute atomic E-state index is 11.8. The highest BCUT2D eigenvalue weighted by Gasteiger charge is 2.51. The summed E-state index contributed by atoms with van der Waals surface area (Å²) in [6, 6.07) is 15.9. The molecule has 1 N–H and O–H groups in total. The number of aliphatic hydroxyl groups is 1. The van der Waals surface area contributed by atoms with Crippen molar-refractivity contribution in [3.05, 3.63) is 76.9 Å². The second kappa shape index (κ2) is 6.63. The number of hydrogen-bond donors (Lipinski definition) is 1. The van der Waals surface area contributed by atoms with Crippen LogP contribution in [0.1, 0.15) is 12.0 Å². The van der Waals surface area contributed by atoms with E-state index in [2.05, 4.69) is 15.0 Å². The average molecular weight is 347 g/mol. The number of azide groups is 1. The normalized spacial score (nSPS) is 18.6. The van der Waals surface area contributed by atoms with Gasteiger partial charge in [0.05, 0.1) is 12.7 Å². The van der Waals surface area contributed by atoms with E-state index in [1.165, 1.54) is 0 Å². The SMILES string of the molecule is [N-]=[N+]=NCCCN1c2nccc[n+]2CC1(O)c1cccc2ccccc12. The first kappa shape index (κ1) is 16.3. The third-order valence-electron chi connectivity index (χ3n) is 4.80. The lowest BCUT2D eigenvalue weighted by molar-refractivity contribution is -0.685. The van der Waals surface area contributed by atoms with E-state index >= 15 is 0 Å². The maximum atomic E-state index is 11.8. The molecule has 2 heterocycles. The van der Waals surface area contributed by atoms with E-state index in [0.29, 0.717) is 32.0 Å². The summed E-state index contributed by atoms with van der Waals surface area (Å²) in [5.74, 6) is 0.712. The lowest BCUT2D eigenvalue weighted by Gasteiger charge is -2.29. The highest BCUT2D eigenvalue weighted by atomic mass is 16.3. The molecule has 1 unspecified atom stereocenters. The smallest absolute Gasteiger partial charge is 0.353 e. The molecule has 0 saturated carbocycles. The number of anilines is 1. The van der Waals surface area contributed by atoms with Crippen molar-refractivity contribution >= 4 is 16.7 Å². The van der Waals surface area contributed by atoms with Crippen LogP contribution in [0.2, 0.25) is 0 Å². The Morgan fingerprint density at radius 3 is 2.96 bits per heavy atom. The van der Waals surface area contributed by atoms with Crippen LogP contribution in [0.25, 0.3) is 21.2 Å². The first-order valence-electron chi connectivity index (χ1n) is 8.57. The molecule has 0 spiro atoms. The zero-order valence-corrected chi connectivity index (χ0v) is 14.2. The Kier molecular flexibility index (Phi) is 4.16. The van der Waals surface area contributed by atoms with Crippen molar-refractivity contribution in [1.82, 2.24) is 4.98 Å². The molecule has 1 aromatic heterocycles. The highest BCUT2D eigenvalue weighted by Crippen LogP contribution is 2.37. The Balaban J connectivity index is 1.80. The molecule has 1 aliphatic heterocycles. The molecule has 3 aromatic rings. The van der Waals surface area contributed by atoms with Crippen LogP contribution < -0.4 is 9.47 Å². The molecule has 7 heteroatoms. The average Bonchev–Trinajstić information content (AvgIpc) is 2.97. The van der Waals surface area contributed by atoms with E-state index in [9.17, 15) is 5.11 Å². The van der Waals surface area contributed by atoms with Gasteiger partial charge in [0.25, 0.3) is 0 Å². The van der Waals surface area contributed by atoms with E-state index < -0.39 is 5.72 Å². The summed E-state index contributed by atoms with van der Waals surface area (Å²) in [5, 5.41) is 17.5. The molecule has 0 radical (unpaired) electrons. The Hall–Kier alpha value is -3.15. The van der Waals surface area contributed by atoms with Crippen molar-refractivity contribution in [3.63, 3.8) is 0 Å². The van der Waals surface area contributed by atoms with E-state index in [0.717, 1.165) is 16.3 Å². The first-order chi connectivity index (χ1) is 12.7. The van der Waals surface area contributed by atoms with Crippen LogP contribution in [-0.2, 0) is 12.3 Å². The lowest BCUT2D eigenvalue weighted by atomic mass is 9.95. The van der Waals surface area contributed by atoms with Gasteiger partial charge in [0.2, 0.25) is 5.72 Å². The van der Waals surface area contributed by atoms with Gasteiger partial charge in [-0.25, -0.2) is 9.47 Å². The molecule has 1 aliphatic rings. The Morgan fingerprint density at radius 2 is 2.08 bits per heavy atom. The van der Waals surface area contributed by atoms with Crippen molar-refractivity contribution in [2.75, 3.05) is 18.0 Å². The Morgan fingerprint density at radius 1 is 1.23 bits per heavy atom. The number of hydrogen-bond acceptors (Lipinski definition) is 4. The van der Waals surface area contributed by atoms with E-state index in [-0.39, 0.29) is 0 Å². The minimum Gasteiger partial charge on any atom is -0.353 e. The van der Waals surface area contributed by atoms with Crippen LogP contribution in [0.4, 0.5) is 5.95 Å². The fourth-order valence-electron chi connectivity index (χ4n) is 3.66. The molecule has 0 fully saturated rings. The van der Waals surface area contributed by atoms with Gasteiger partial charge in [-0.3, -0.25) is 0 Å². The van der Waals surface area contributed by atoms with Crippen LogP contribution in [0.15, 0.2) is 66.0 Å². The van der Waals surface area contributed by atoms with Gasteiger partial charge >= 0.3 is 5.95 Å². The largest absolute Gasteiger partial charge is 0.396 e. The molecule has 7 nitrogen and oxygen atoms in total. The summed E-state index contributed by atoms with van der Waals surface area (Å²) >= 11 is 0. The van der Waals surface area contributed by atoms with Gasteiger partial charge in [-0.2, -0.15) is 0 Å². The predicted molar refractivity (Wildman–Crippen MR) is 98.3 cm³/mol. The van der Waals surface area contributed by atoms with Crippen molar-refractivity contribution in [2.45, 2.75) is 18.7 Å². The Bertz CT molecular complexity index is 995. The molecular weight excluding hydrogens is 328 g/mol. The third kappa shape index (κ3) is 2.63. The fraction of sp³-hybridized carbons (Fsp3) is 0.263. The number of benzene rings is 2. The molecule has 0 saturated heterocycles. The third-order valence-corrected chi connectivity index (χ3v) is 4.80. The van der Waals surface area contributed by atoms with Crippen LogP contribution in [-0.4, -0.2) is 23.2 Å². The van der Waals surface area contributed by atoms with Crippen molar-refractivity contribution in [3.8, 4) is 0 Å². The monoisotopic (exact) mass is 347 g/mol. The lowest BCUT2D eigenvalue weighted by Crippen LogP contribution is -2.46. The molecule has 0 amide bonds. The van der Waals surface area contributed by atoms with Gasteiger partial charge in [0.15, 0.2) is 0 Å². The van der Waals surface area contributed by atoms with Gasteiger partial charge in [0, 0.05) is 23.1 Å². The zero-order chi connectivity index (χ0) is 18.0. The maximum Gasteiger partial charge on any atom is 0.396 e. The molecule has 1 atom stereocenters. The van der Waals surface area contributed by atoms with Gasteiger partial charge in [-0.15, -0.1) is 0 Å². The second-order valence-electron chi connectivity index (χ2n) is 6.35. The van der Waals surface area contributed by atoms with Crippen LogP contribution in [0.5, 0.6) is 0 Å². The van der Waals surface area contributed by atoms with Gasteiger partial charge in [-0.05, 0) is 22.7 Å². The molecule has 4 rings (SSSR count). The summed E-state index contributed by atoms with van der Waals surface area (Å²) in [4.78, 5) is 9.17. The van der Waals surface area contributed by atoms with Crippen molar-refractivity contribution in [2.24, 2.45) is 5.11 Å². The van der Waals surface area contributed by atoms with E-state index in [1.807, 2.05) is 64.2 Å². The predicted octanol–water partition coefficient (Wildman–Crippen LogP) is 2.89. The zero-order valence-electron chi connectivity index (χ0n) is 14.2. The number of nitrogens with zero attached hydrogens (tertiary/aromatic N) is 6. The minimum atomic E-state index is -1.21. The second-order valence-corrected chi connectivity index (χ2v) is 6.35. The minimum absolute atomic E-state index is 0.380.